The molecule has 1 fully saturated rings. The second-order valence-corrected chi connectivity index (χ2v) is 4.87. The summed E-state index contributed by atoms with van der Waals surface area (Å²) < 4.78 is 18.9. The zero-order valence-corrected chi connectivity index (χ0v) is 10.3. The average Bonchev–Trinajstić information content (AvgIpc) is 2.28. The number of nitrogens with one attached hydrogen (secondary N) is 1. The van der Waals surface area contributed by atoms with Gasteiger partial charge in [0.05, 0.1) is 5.56 Å². The summed E-state index contributed by atoms with van der Waals surface area (Å²) in [5.74, 6) is -1.000. The molecule has 1 saturated heterocycles. The first-order chi connectivity index (χ1) is 8.50. The number of amides is 1. The molecule has 1 aliphatic heterocycles. The quantitative estimate of drug-likeness (QED) is 0.787. The third-order valence-electron chi connectivity index (χ3n) is 3.25. The van der Waals surface area contributed by atoms with Gasteiger partial charge in [0.2, 0.25) is 0 Å². The standard InChI is InChI=1S/C13H17FN2O2/c1-13(4-6-18-7-5-13)16-12(17)10-3-2-9(15)8-11(10)14/h2-3,8H,4-7,15H2,1H3,(H,16,17). The Morgan fingerprint density at radius 3 is 2.72 bits per heavy atom. The average molecular weight is 252 g/mol. The lowest BCUT2D eigenvalue weighted by atomic mass is 9.92. The van der Waals surface area contributed by atoms with Crippen LogP contribution in [0.4, 0.5) is 10.1 Å². The molecule has 1 amide bonds. The maximum atomic E-state index is 13.6. The van der Waals surface area contributed by atoms with Gasteiger partial charge in [-0.15, -0.1) is 0 Å². The van der Waals surface area contributed by atoms with Crippen LogP contribution in [0.3, 0.4) is 0 Å². The molecule has 0 bridgehead atoms. The molecule has 0 saturated carbocycles. The Balaban J connectivity index is 2.11. The van der Waals surface area contributed by atoms with Gasteiger partial charge in [-0.2, -0.15) is 0 Å². The number of halogens is 1. The number of nitrogens with two attached hydrogens (primary N) is 1. The van der Waals surface area contributed by atoms with E-state index in [9.17, 15) is 9.18 Å². The molecular formula is C13H17FN2O2. The van der Waals surface area contributed by atoms with Gasteiger partial charge >= 0.3 is 0 Å². The smallest absolute Gasteiger partial charge is 0.254 e. The summed E-state index contributed by atoms with van der Waals surface area (Å²) in [6, 6.07) is 4.08. The van der Waals surface area contributed by atoms with Crippen molar-refractivity contribution in [2.24, 2.45) is 0 Å². The summed E-state index contributed by atoms with van der Waals surface area (Å²) in [5.41, 5.74) is 5.45. The van der Waals surface area contributed by atoms with Crippen LogP contribution in [0, 0.1) is 5.82 Å². The number of hydrogen-bond donors (Lipinski definition) is 2. The fourth-order valence-electron chi connectivity index (χ4n) is 2.00. The molecular weight excluding hydrogens is 235 g/mol. The molecule has 0 aliphatic carbocycles. The maximum Gasteiger partial charge on any atom is 0.254 e. The van der Waals surface area contributed by atoms with Gasteiger partial charge in [0.15, 0.2) is 0 Å². The van der Waals surface area contributed by atoms with E-state index in [1.165, 1.54) is 12.1 Å². The lowest BCUT2D eigenvalue weighted by Crippen LogP contribution is -2.49. The van der Waals surface area contributed by atoms with Crippen LogP contribution in [0.2, 0.25) is 0 Å². The van der Waals surface area contributed by atoms with Gasteiger partial charge < -0.3 is 15.8 Å². The molecule has 0 atom stereocenters. The Hall–Kier alpha value is -1.62. The molecule has 0 spiro atoms. The van der Waals surface area contributed by atoms with E-state index < -0.39 is 11.7 Å². The van der Waals surface area contributed by atoms with E-state index in [1.54, 1.807) is 0 Å². The topological polar surface area (TPSA) is 64.4 Å². The second-order valence-electron chi connectivity index (χ2n) is 4.87. The highest BCUT2D eigenvalue weighted by Gasteiger charge is 2.29. The minimum Gasteiger partial charge on any atom is -0.399 e. The minimum absolute atomic E-state index is 0.0249. The van der Waals surface area contributed by atoms with Crippen LogP contribution in [-0.2, 0) is 4.74 Å². The Labute approximate surface area is 105 Å². The number of carbonyl (C=O) groups is 1. The molecule has 4 nitrogen and oxygen atoms in total. The summed E-state index contributed by atoms with van der Waals surface area (Å²) in [4.78, 5) is 12.0. The lowest BCUT2D eigenvalue weighted by Gasteiger charge is -2.34. The van der Waals surface area contributed by atoms with E-state index in [0.717, 1.165) is 18.9 Å². The van der Waals surface area contributed by atoms with Gasteiger partial charge in [0.25, 0.3) is 5.91 Å². The van der Waals surface area contributed by atoms with E-state index in [-0.39, 0.29) is 11.1 Å². The number of anilines is 1. The first-order valence-corrected chi connectivity index (χ1v) is 5.95. The van der Waals surface area contributed by atoms with Crippen LogP contribution in [0.15, 0.2) is 18.2 Å². The zero-order valence-electron chi connectivity index (χ0n) is 10.3. The van der Waals surface area contributed by atoms with Crippen molar-refractivity contribution in [1.29, 1.82) is 0 Å². The van der Waals surface area contributed by atoms with Gasteiger partial charge in [-0.3, -0.25) is 4.79 Å². The van der Waals surface area contributed by atoms with Gasteiger partial charge in [0, 0.05) is 24.4 Å². The fourth-order valence-corrected chi connectivity index (χ4v) is 2.00. The van der Waals surface area contributed by atoms with Crippen LogP contribution >= 0.6 is 0 Å². The van der Waals surface area contributed by atoms with E-state index in [2.05, 4.69) is 5.32 Å². The number of nitrogen functional groups attached to an aromatic ring is 1. The molecule has 5 heteroatoms. The monoisotopic (exact) mass is 252 g/mol. The van der Waals surface area contributed by atoms with Gasteiger partial charge in [0.1, 0.15) is 5.82 Å². The van der Waals surface area contributed by atoms with Gasteiger partial charge in [-0.25, -0.2) is 4.39 Å². The number of carbonyl (C=O) groups excluding carboxylic acids is 1. The third kappa shape index (κ3) is 2.79. The molecule has 0 unspecified atom stereocenters. The van der Waals surface area contributed by atoms with Crippen molar-refractivity contribution in [2.45, 2.75) is 25.3 Å². The molecule has 98 valence electrons. The summed E-state index contributed by atoms with van der Waals surface area (Å²) in [6.45, 7) is 3.17. The minimum atomic E-state index is -0.594. The third-order valence-corrected chi connectivity index (χ3v) is 3.25. The van der Waals surface area contributed by atoms with Crippen molar-refractivity contribution in [1.82, 2.24) is 5.32 Å². The van der Waals surface area contributed by atoms with Gasteiger partial charge in [-0.1, -0.05) is 0 Å². The van der Waals surface area contributed by atoms with Crippen LogP contribution in [0.25, 0.3) is 0 Å². The van der Waals surface area contributed by atoms with Crippen molar-refractivity contribution >= 4 is 11.6 Å². The molecule has 3 N–H and O–H groups in total. The van der Waals surface area contributed by atoms with Crippen molar-refractivity contribution in [2.75, 3.05) is 18.9 Å². The van der Waals surface area contributed by atoms with Crippen LogP contribution in [-0.4, -0.2) is 24.7 Å². The molecule has 2 rings (SSSR count). The van der Waals surface area contributed by atoms with E-state index in [0.29, 0.717) is 18.9 Å². The first-order valence-electron chi connectivity index (χ1n) is 5.95. The summed E-state index contributed by atoms with van der Waals surface area (Å²) >= 11 is 0. The second kappa shape index (κ2) is 4.94. The molecule has 1 aromatic rings. The van der Waals surface area contributed by atoms with Crippen molar-refractivity contribution < 1.29 is 13.9 Å². The molecule has 18 heavy (non-hydrogen) atoms. The lowest BCUT2D eigenvalue weighted by molar-refractivity contribution is 0.0422. The van der Waals surface area contributed by atoms with E-state index in [1.807, 2.05) is 6.92 Å². The van der Waals surface area contributed by atoms with Crippen molar-refractivity contribution in [3.05, 3.63) is 29.6 Å². The van der Waals surface area contributed by atoms with Crippen LogP contribution < -0.4 is 11.1 Å². The number of hydrogen-bond acceptors (Lipinski definition) is 3. The van der Waals surface area contributed by atoms with Crippen molar-refractivity contribution in [3.8, 4) is 0 Å². The zero-order chi connectivity index (χ0) is 13.2. The Morgan fingerprint density at radius 1 is 1.44 bits per heavy atom. The predicted octanol–water partition coefficient (Wildman–Crippen LogP) is 1.71. The Kier molecular flexibility index (Phi) is 3.52. The SMILES string of the molecule is CC1(NC(=O)c2ccc(N)cc2F)CCOCC1. The normalized spacial score (nSPS) is 18.3. The number of benzene rings is 1. The number of ether oxygens (including phenoxy) is 1. The van der Waals surface area contributed by atoms with Crippen LogP contribution in [0.1, 0.15) is 30.1 Å². The van der Waals surface area contributed by atoms with Crippen molar-refractivity contribution in [3.63, 3.8) is 0 Å². The van der Waals surface area contributed by atoms with Gasteiger partial charge in [-0.05, 0) is 38.0 Å². The highest BCUT2D eigenvalue weighted by molar-refractivity contribution is 5.95. The molecule has 1 aromatic carbocycles. The summed E-state index contributed by atoms with van der Waals surface area (Å²) in [6.07, 6.45) is 1.46. The highest BCUT2D eigenvalue weighted by atomic mass is 19.1. The fraction of sp³-hybridized carbons (Fsp3) is 0.462. The molecule has 0 radical (unpaired) electrons. The maximum absolute atomic E-state index is 13.6. The molecule has 0 aromatic heterocycles. The molecule has 1 aliphatic rings. The Morgan fingerprint density at radius 2 is 2.11 bits per heavy atom. The highest BCUT2D eigenvalue weighted by Crippen LogP contribution is 2.21. The first kappa shape index (κ1) is 12.8. The predicted molar refractivity (Wildman–Crippen MR) is 66.7 cm³/mol. The largest absolute Gasteiger partial charge is 0.399 e. The number of rotatable bonds is 2. The van der Waals surface area contributed by atoms with E-state index in [4.69, 9.17) is 10.5 Å². The summed E-state index contributed by atoms with van der Waals surface area (Å²) in [5, 5.41) is 2.87. The Bertz CT molecular complexity index is 456. The summed E-state index contributed by atoms with van der Waals surface area (Å²) in [7, 11) is 0. The van der Waals surface area contributed by atoms with Crippen LogP contribution in [0.5, 0.6) is 0 Å². The molecule has 1 heterocycles. The van der Waals surface area contributed by atoms with E-state index >= 15 is 0 Å².